The monoisotopic (exact) mass is 196 g/mol. The zero-order valence-corrected chi connectivity index (χ0v) is 9.65. The zero-order valence-electron chi connectivity index (χ0n) is 9.65. The van der Waals surface area contributed by atoms with Crippen molar-refractivity contribution < 1.29 is 0 Å². The molecule has 0 saturated heterocycles. The Bertz CT molecular complexity index is 301. The Morgan fingerprint density at radius 1 is 1.14 bits per heavy atom. The van der Waals surface area contributed by atoms with E-state index in [1.165, 1.54) is 0 Å². The van der Waals surface area contributed by atoms with Gasteiger partial charge in [0.1, 0.15) is 11.6 Å². The first-order chi connectivity index (χ1) is 6.45. The van der Waals surface area contributed by atoms with Crippen LogP contribution in [0, 0.1) is 12.8 Å². The quantitative estimate of drug-likeness (QED) is 0.802. The Hall–Kier alpha value is -0.900. The van der Waals surface area contributed by atoms with Gasteiger partial charge in [0.25, 0.3) is 0 Å². The SMILES string of the molecule is Cc1nnc(C(N)C(C)C)n1C(C)C. The summed E-state index contributed by atoms with van der Waals surface area (Å²) in [5.41, 5.74) is 6.07. The second-order valence-electron chi connectivity index (χ2n) is 4.34. The summed E-state index contributed by atoms with van der Waals surface area (Å²) in [4.78, 5) is 0. The highest BCUT2D eigenvalue weighted by molar-refractivity contribution is 5.01. The predicted octanol–water partition coefficient (Wildman–Crippen LogP) is 1.82. The summed E-state index contributed by atoms with van der Waals surface area (Å²) >= 11 is 0. The zero-order chi connectivity index (χ0) is 10.9. The van der Waals surface area contributed by atoms with E-state index in [4.69, 9.17) is 5.73 Å². The van der Waals surface area contributed by atoms with Gasteiger partial charge in [-0.2, -0.15) is 0 Å². The van der Waals surface area contributed by atoms with Gasteiger partial charge in [-0.3, -0.25) is 0 Å². The van der Waals surface area contributed by atoms with Gasteiger partial charge in [0.05, 0.1) is 6.04 Å². The Kier molecular flexibility index (Phi) is 3.26. The molecule has 0 radical (unpaired) electrons. The van der Waals surface area contributed by atoms with Gasteiger partial charge in [-0.1, -0.05) is 13.8 Å². The van der Waals surface area contributed by atoms with Crippen LogP contribution in [0.25, 0.3) is 0 Å². The van der Waals surface area contributed by atoms with Crippen LogP contribution in [0.4, 0.5) is 0 Å². The normalized spacial score (nSPS) is 14.0. The molecule has 0 amide bonds. The molecular formula is C10H20N4. The van der Waals surface area contributed by atoms with Gasteiger partial charge in [-0.15, -0.1) is 10.2 Å². The molecule has 14 heavy (non-hydrogen) atoms. The molecule has 1 aromatic rings. The summed E-state index contributed by atoms with van der Waals surface area (Å²) in [6.07, 6.45) is 0. The van der Waals surface area contributed by atoms with Crippen molar-refractivity contribution >= 4 is 0 Å². The Balaban J connectivity index is 3.09. The second kappa shape index (κ2) is 4.09. The highest BCUT2D eigenvalue weighted by atomic mass is 15.3. The van der Waals surface area contributed by atoms with E-state index in [0.717, 1.165) is 11.6 Å². The molecule has 0 bridgehead atoms. The molecular weight excluding hydrogens is 176 g/mol. The summed E-state index contributed by atoms with van der Waals surface area (Å²) in [7, 11) is 0. The summed E-state index contributed by atoms with van der Waals surface area (Å²) in [5.74, 6) is 2.22. The van der Waals surface area contributed by atoms with Gasteiger partial charge in [0.15, 0.2) is 0 Å². The van der Waals surface area contributed by atoms with Crippen LogP contribution in [0.3, 0.4) is 0 Å². The van der Waals surface area contributed by atoms with Crippen LogP contribution in [0.2, 0.25) is 0 Å². The lowest BCUT2D eigenvalue weighted by Crippen LogP contribution is -2.22. The molecule has 0 aliphatic carbocycles. The highest BCUT2D eigenvalue weighted by Gasteiger charge is 2.20. The average molecular weight is 196 g/mol. The van der Waals surface area contributed by atoms with E-state index in [0.29, 0.717) is 12.0 Å². The second-order valence-corrected chi connectivity index (χ2v) is 4.34. The standard InChI is InChI=1S/C10H20N4/c1-6(2)9(11)10-13-12-8(5)14(10)7(3)4/h6-7,9H,11H2,1-5H3. The van der Waals surface area contributed by atoms with E-state index >= 15 is 0 Å². The smallest absolute Gasteiger partial charge is 0.150 e. The number of nitrogens with two attached hydrogens (primary N) is 1. The molecule has 1 unspecified atom stereocenters. The van der Waals surface area contributed by atoms with E-state index in [1.54, 1.807) is 0 Å². The first-order valence-corrected chi connectivity index (χ1v) is 5.12. The van der Waals surface area contributed by atoms with E-state index in [-0.39, 0.29) is 6.04 Å². The van der Waals surface area contributed by atoms with Gasteiger partial charge >= 0.3 is 0 Å². The molecule has 80 valence electrons. The highest BCUT2D eigenvalue weighted by Crippen LogP contribution is 2.20. The fourth-order valence-corrected chi connectivity index (χ4v) is 1.55. The molecule has 0 spiro atoms. The molecule has 0 saturated carbocycles. The Labute approximate surface area is 85.5 Å². The average Bonchev–Trinajstić information content (AvgIpc) is 2.45. The van der Waals surface area contributed by atoms with Gasteiger partial charge in [-0.05, 0) is 26.7 Å². The van der Waals surface area contributed by atoms with Crippen LogP contribution in [-0.4, -0.2) is 14.8 Å². The molecule has 1 aromatic heterocycles. The van der Waals surface area contributed by atoms with Gasteiger partial charge in [-0.25, -0.2) is 0 Å². The van der Waals surface area contributed by atoms with Crippen molar-refractivity contribution in [3.63, 3.8) is 0 Å². The topological polar surface area (TPSA) is 56.7 Å². The lowest BCUT2D eigenvalue weighted by atomic mass is 10.0. The number of aryl methyl sites for hydroxylation is 1. The first-order valence-electron chi connectivity index (χ1n) is 5.12. The van der Waals surface area contributed by atoms with Crippen molar-refractivity contribution in [2.45, 2.75) is 46.7 Å². The lowest BCUT2D eigenvalue weighted by Gasteiger charge is -2.19. The number of hydrogen-bond acceptors (Lipinski definition) is 3. The molecule has 0 aromatic carbocycles. The largest absolute Gasteiger partial charge is 0.321 e. The maximum absolute atomic E-state index is 6.07. The molecule has 4 heteroatoms. The maximum Gasteiger partial charge on any atom is 0.150 e. The van der Waals surface area contributed by atoms with Crippen LogP contribution in [0.1, 0.15) is 51.4 Å². The van der Waals surface area contributed by atoms with Crippen LogP contribution < -0.4 is 5.73 Å². The van der Waals surface area contributed by atoms with Crippen LogP contribution in [0.5, 0.6) is 0 Å². The van der Waals surface area contributed by atoms with E-state index in [1.807, 2.05) is 6.92 Å². The van der Waals surface area contributed by atoms with Crippen molar-refractivity contribution in [2.75, 3.05) is 0 Å². The third-order valence-corrected chi connectivity index (χ3v) is 2.43. The third-order valence-electron chi connectivity index (χ3n) is 2.43. The van der Waals surface area contributed by atoms with Crippen molar-refractivity contribution in [2.24, 2.45) is 11.7 Å². The van der Waals surface area contributed by atoms with Crippen LogP contribution in [-0.2, 0) is 0 Å². The molecule has 1 rings (SSSR count). The molecule has 2 N–H and O–H groups in total. The minimum absolute atomic E-state index is 0.0291. The molecule has 1 heterocycles. The lowest BCUT2D eigenvalue weighted by molar-refractivity contribution is 0.445. The molecule has 0 aliphatic heterocycles. The van der Waals surface area contributed by atoms with Crippen molar-refractivity contribution in [1.82, 2.24) is 14.8 Å². The molecule has 1 atom stereocenters. The predicted molar refractivity (Wildman–Crippen MR) is 56.9 cm³/mol. The van der Waals surface area contributed by atoms with E-state index < -0.39 is 0 Å². The van der Waals surface area contributed by atoms with Crippen molar-refractivity contribution in [3.05, 3.63) is 11.6 Å². The summed E-state index contributed by atoms with van der Waals surface area (Å²) < 4.78 is 2.10. The van der Waals surface area contributed by atoms with Crippen molar-refractivity contribution in [3.8, 4) is 0 Å². The Morgan fingerprint density at radius 3 is 2.14 bits per heavy atom. The summed E-state index contributed by atoms with van der Waals surface area (Å²) in [5, 5.41) is 8.22. The Morgan fingerprint density at radius 2 is 1.71 bits per heavy atom. The van der Waals surface area contributed by atoms with Gasteiger partial charge in [0, 0.05) is 6.04 Å². The van der Waals surface area contributed by atoms with E-state index in [2.05, 4.69) is 42.5 Å². The van der Waals surface area contributed by atoms with Crippen LogP contribution >= 0.6 is 0 Å². The number of nitrogens with zero attached hydrogens (tertiary/aromatic N) is 3. The third kappa shape index (κ3) is 1.95. The van der Waals surface area contributed by atoms with E-state index in [9.17, 15) is 0 Å². The minimum Gasteiger partial charge on any atom is -0.321 e. The fraction of sp³-hybridized carbons (Fsp3) is 0.800. The van der Waals surface area contributed by atoms with Gasteiger partial charge < -0.3 is 10.3 Å². The first kappa shape index (κ1) is 11.2. The molecule has 0 aliphatic rings. The fourth-order valence-electron chi connectivity index (χ4n) is 1.55. The molecule has 0 fully saturated rings. The van der Waals surface area contributed by atoms with Crippen LogP contribution in [0.15, 0.2) is 0 Å². The minimum atomic E-state index is -0.0291. The maximum atomic E-state index is 6.07. The van der Waals surface area contributed by atoms with Gasteiger partial charge in [0.2, 0.25) is 0 Å². The molecule has 4 nitrogen and oxygen atoms in total. The summed E-state index contributed by atoms with van der Waals surface area (Å²) in [6.45, 7) is 10.4. The van der Waals surface area contributed by atoms with Crippen molar-refractivity contribution in [1.29, 1.82) is 0 Å². The summed E-state index contributed by atoms with van der Waals surface area (Å²) in [6, 6.07) is 0.336. The number of aromatic nitrogens is 3. The number of hydrogen-bond donors (Lipinski definition) is 1. The number of rotatable bonds is 3.